The minimum absolute atomic E-state index is 0.244. The Labute approximate surface area is 255 Å². The molecule has 0 amide bonds. The molecule has 1 aliphatic rings. The van der Waals surface area contributed by atoms with Crippen molar-refractivity contribution >= 4 is 66.8 Å². The van der Waals surface area contributed by atoms with E-state index in [0.29, 0.717) is 42.9 Å². The van der Waals surface area contributed by atoms with E-state index in [1.54, 1.807) is 51.1 Å². The van der Waals surface area contributed by atoms with Crippen LogP contribution >= 0.6 is 54.8 Å². The van der Waals surface area contributed by atoms with Crippen molar-refractivity contribution in [2.45, 2.75) is 32.9 Å². The van der Waals surface area contributed by atoms with E-state index in [1.165, 1.54) is 23.0 Å². The maximum Gasteiger partial charge on any atom is 0.338 e. The van der Waals surface area contributed by atoms with Crippen molar-refractivity contribution in [1.82, 2.24) is 4.57 Å². The number of fused-ring (bicyclic) bond motifs is 1. The molecule has 0 fully saturated rings. The number of carbonyl (C=O) groups excluding carboxylic acids is 1. The highest BCUT2D eigenvalue weighted by Gasteiger charge is 2.35. The van der Waals surface area contributed by atoms with Crippen LogP contribution in [0.4, 0.5) is 0 Å². The number of hydrogen-bond donors (Lipinski definition) is 0. The summed E-state index contributed by atoms with van der Waals surface area (Å²) < 4.78 is 20.9. The summed E-state index contributed by atoms with van der Waals surface area (Å²) in [7, 11) is 1.53. The number of halogens is 3. The first kappa shape index (κ1) is 28.6. The lowest BCUT2D eigenvalue weighted by Crippen LogP contribution is -2.40. The Balaban J connectivity index is 1.68. The molecule has 0 unspecified atom stereocenters. The average molecular weight is 707 g/mol. The van der Waals surface area contributed by atoms with E-state index < -0.39 is 12.0 Å². The van der Waals surface area contributed by atoms with Gasteiger partial charge in [-0.05, 0) is 69.3 Å². The number of hydrogen-bond acceptors (Lipinski definition) is 7. The second kappa shape index (κ2) is 11.5. The fraction of sp³-hybridized carbons (Fsp3) is 0.207. The van der Waals surface area contributed by atoms with E-state index >= 15 is 0 Å². The molecule has 3 heterocycles. The van der Waals surface area contributed by atoms with Crippen molar-refractivity contribution in [3.8, 4) is 17.1 Å². The minimum atomic E-state index is -0.858. The van der Waals surface area contributed by atoms with Crippen LogP contribution in [0.15, 0.2) is 83.0 Å². The van der Waals surface area contributed by atoms with Crippen LogP contribution in [-0.4, -0.2) is 23.8 Å². The molecule has 1 aliphatic heterocycles. The van der Waals surface area contributed by atoms with Crippen molar-refractivity contribution in [2.24, 2.45) is 4.99 Å². The standard InChI is InChI=1S/C29H23Br2ClN2O5S/c1-14(2)38-28(36)25-15(3)33-29-34(26(25)20-12-17(32)6-9-22(20)37-4)27(35)24(40-29)13-18-7-10-23(39-18)19-11-16(30)5-8-21(19)31/h5-14,26H,1-4H3/b24-13-/t26-/m0/s1. The monoisotopic (exact) mass is 704 g/mol. The van der Waals surface area contributed by atoms with E-state index in [9.17, 15) is 9.59 Å². The van der Waals surface area contributed by atoms with Crippen LogP contribution in [-0.2, 0) is 9.53 Å². The predicted molar refractivity (Wildman–Crippen MR) is 163 cm³/mol. The van der Waals surface area contributed by atoms with Gasteiger partial charge in [0.1, 0.15) is 23.3 Å². The number of methoxy groups -OCH3 is 1. The van der Waals surface area contributed by atoms with Crippen molar-refractivity contribution in [2.75, 3.05) is 7.11 Å². The fourth-order valence-corrected chi connectivity index (χ4v) is 6.47. The molecule has 0 N–H and O–H groups in total. The molecule has 206 valence electrons. The largest absolute Gasteiger partial charge is 0.496 e. The molecule has 40 heavy (non-hydrogen) atoms. The van der Waals surface area contributed by atoms with Crippen LogP contribution in [0.25, 0.3) is 17.4 Å². The number of rotatable bonds is 6. The molecule has 4 aromatic rings. The first-order valence-electron chi connectivity index (χ1n) is 12.2. The third-order valence-electron chi connectivity index (χ3n) is 6.16. The number of aromatic nitrogens is 1. The summed E-state index contributed by atoms with van der Waals surface area (Å²) in [5.74, 6) is 1.05. The molecule has 0 bridgehead atoms. The first-order valence-corrected chi connectivity index (χ1v) is 15.0. The zero-order chi connectivity index (χ0) is 28.7. The van der Waals surface area contributed by atoms with Crippen LogP contribution in [0.5, 0.6) is 5.75 Å². The van der Waals surface area contributed by atoms with Crippen LogP contribution in [0.3, 0.4) is 0 Å². The van der Waals surface area contributed by atoms with Gasteiger partial charge >= 0.3 is 5.97 Å². The van der Waals surface area contributed by atoms with E-state index in [1.807, 2.05) is 24.3 Å². The molecule has 0 aliphatic carbocycles. The van der Waals surface area contributed by atoms with Crippen LogP contribution in [0.2, 0.25) is 5.02 Å². The lowest BCUT2D eigenvalue weighted by atomic mass is 9.95. The minimum Gasteiger partial charge on any atom is -0.496 e. The number of esters is 1. The zero-order valence-corrected chi connectivity index (χ0v) is 26.6. The Bertz CT molecular complexity index is 1850. The Morgan fingerprint density at radius 1 is 1.18 bits per heavy atom. The van der Waals surface area contributed by atoms with E-state index in [-0.39, 0.29) is 17.2 Å². The van der Waals surface area contributed by atoms with Crippen LogP contribution in [0, 0.1) is 0 Å². The molecule has 1 atom stereocenters. The molecular formula is C29H23Br2ClN2O5S. The van der Waals surface area contributed by atoms with Gasteiger partial charge in [-0.3, -0.25) is 9.36 Å². The number of nitrogens with zero attached hydrogens (tertiary/aromatic N) is 2. The third-order valence-corrected chi connectivity index (χ3v) is 8.57. The summed E-state index contributed by atoms with van der Waals surface area (Å²) in [4.78, 5) is 32.3. The summed E-state index contributed by atoms with van der Waals surface area (Å²) in [5, 5.41) is 0.436. The topological polar surface area (TPSA) is 83.0 Å². The zero-order valence-electron chi connectivity index (χ0n) is 21.8. The van der Waals surface area contributed by atoms with Gasteiger partial charge in [-0.25, -0.2) is 9.79 Å². The van der Waals surface area contributed by atoms with Crippen molar-refractivity contribution < 1.29 is 18.7 Å². The van der Waals surface area contributed by atoms with Crippen molar-refractivity contribution in [1.29, 1.82) is 0 Å². The Morgan fingerprint density at radius 2 is 1.95 bits per heavy atom. The Morgan fingerprint density at radius 3 is 2.67 bits per heavy atom. The average Bonchev–Trinajstić information content (AvgIpc) is 3.48. The van der Waals surface area contributed by atoms with E-state index in [0.717, 1.165) is 14.5 Å². The van der Waals surface area contributed by atoms with Crippen molar-refractivity contribution in [3.63, 3.8) is 0 Å². The summed E-state index contributed by atoms with van der Waals surface area (Å²) >= 11 is 14.6. The Hall–Kier alpha value is -2.92. The molecule has 2 aromatic carbocycles. The van der Waals surface area contributed by atoms with Gasteiger partial charge in [-0.15, -0.1) is 0 Å². The summed E-state index contributed by atoms with van der Waals surface area (Å²) in [6, 6.07) is 13.7. The predicted octanol–water partition coefficient (Wildman–Crippen LogP) is 6.63. The maximum atomic E-state index is 13.9. The highest BCUT2D eigenvalue weighted by molar-refractivity contribution is 9.11. The second-order valence-electron chi connectivity index (χ2n) is 9.25. The number of ether oxygens (including phenoxy) is 2. The summed E-state index contributed by atoms with van der Waals surface area (Å²) in [6.07, 6.45) is 1.31. The lowest BCUT2D eigenvalue weighted by Gasteiger charge is -2.26. The molecule has 5 rings (SSSR count). The highest BCUT2D eigenvalue weighted by Crippen LogP contribution is 2.37. The van der Waals surface area contributed by atoms with Crippen molar-refractivity contribution in [3.05, 3.63) is 105 Å². The Kier molecular flexibility index (Phi) is 8.24. The molecule has 11 heteroatoms. The van der Waals surface area contributed by atoms with Gasteiger partial charge in [0.05, 0.1) is 29.0 Å². The normalized spacial score (nSPS) is 15.3. The molecule has 0 spiro atoms. The van der Waals surface area contributed by atoms with Gasteiger partial charge in [0.2, 0.25) is 0 Å². The maximum absolute atomic E-state index is 13.9. The fourth-order valence-electron chi connectivity index (χ4n) is 4.46. The van der Waals surface area contributed by atoms with Crippen LogP contribution in [0.1, 0.15) is 38.1 Å². The van der Waals surface area contributed by atoms with Gasteiger partial charge in [0, 0.05) is 31.2 Å². The summed E-state index contributed by atoms with van der Waals surface area (Å²) in [6.45, 7) is 5.26. The van der Waals surface area contributed by atoms with Gasteiger partial charge in [0.25, 0.3) is 5.56 Å². The van der Waals surface area contributed by atoms with Gasteiger partial charge in [-0.1, -0.05) is 54.8 Å². The number of furan rings is 1. The van der Waals surface area contributed by atoms with Gasteiger partial charge in [-0.2, -0.15) is 0 Å². The van der Waals surface area contributed by atoms with E-state index in [4.69, 9.17) is 25.5 Å². The van der Waals surface area contributed by atoms with Gasteiger partial charge in [0.15, 0.2) is 4.80 Å². The SMILES string of the molecule is COc1ccc(Cl)cc1[C@H]1C(C(=O)OC(C)C)=C(C)N=c2s/c(=C\c3ccc(-c4cc(Br)ccc4Br)o3)c(=O)n21. The molecule has 0 radical (unpaired) electrons. The smallest absolute Gasteiger partial charge is 0.338 e. The lowest BCUT2D eigenvalue weighted by molar-refractivity contribution is -0.143. The first-order chi connectivity index (χ1) is 19.1. The number of carbonyl (C=O) groups is 1. The number of thiazole rings is 1. The van der Waals surface area contributed by atoms with Crippen LogP contribution < -0.4 is 19.6 Å². The molecule has 2 aromatic heterocycles. The quantitative estimate of drug-likeness (QED) is 0.210. The molecule has 7 nitrogen and oxygen atoms in total. The molecule has 0 saturated carbocycles. The van der Waals surface area contributed by atoms with E-state index in [2.05, 4.69) is 36.9 Å². The highest BCUT2D eigenvalue weighted by atomic mass is 79.9. The molecule has 0 saturated heterocycles. The third kappa shape index (κ3) is 5.50. The second-order valence-corrected chi connectivity index (χ2v) is 12.5. The van der Waals surface area contributed by atoms with Gasteiger partial charge < -0.3 is 13.9 Å². The number of allylic oxidation sites excluding steroid dienone is 1. The number of benzene rings is 2. The summed E-state index contributed by atoms with van der Waals surface area (Å²) in [5.41, 5.74) is 1.78. The molecular weight excluding hydrogens is 684 g/mol.